The number of nitrogens with zero attached hydrogens (tertiary/aromatic N) is 2. The number of carbonyl (C=O) groups is 2. The van der Waals surface area contributed by atoms with Crippen LogP contribution in [0, 0.1) is 0 Å². The molecule has 0 bridgehead atoms. The van der Waals surface area contributed by atoms with E-state index >= 15 is 0 Å². The molecule has 1 amide bonds. The minimum atomic E-state index is -0.127. The van der Waals surface area contributed by atoms with Crippen LogP contribution in [0.15, 0.2) is 48.5 Å². The highest BCUT2D eigenvalue weighted by atomic mass is 16.1. The molecule has 3 aromatic rings. The first kappa shape index (κ1) is 13.9. The lowest BCUT2D eigenvalue weighted by atomic mass is 10.1. The lowest BCUT2D eigenvalue weighted by molar-refractivity contribution is -0.114. The fourth-order valence-electron chi connectivity index (χ4n) is 2.23. The normalized spacial score (nSPS) is 10.4. The van der Waals surface area contributed by atoms with E-state index in [0.29, 0.717) is 17.2 Å². The van der Waals surface area contributed by atoms with Gasteiger partial charge in [-0.2, -0.15) is 0 Å². The number of fused-ring (bicyclic) bond motifs is 1. The van der Waals surface area contributed by atoms with Crippen LogP contribution >= 0.6 is 0 Å². The molecule has 0 unspecified atom stereocenters. The number of nitrogens with one attached hydrogen (secondary N) is 1. The van der Waals surface area contributed by atoms with Gasteiger partial charge in [0.05, 0.1) is 5.52 Å². The first-order valence-corrected chi connectivity index (χ1v) is 6.77. The fraction of sp³-hybridized carbons (Fsp3) is 0.0588. The van der Waals surface area contributed by atoms with Crippen molar-refractivity contribution in [2.45, 2.75) is 6.92 Å². The molecule has 0 aliphatic rings. The molecule has 0 radical (unpaired) electrons. The molecule has 1 N–H and O–H groups in total. The zero-order chi connectivity index (χ0) is 15.5. The number of aromatic nitrogens is 2. The third-order valence-corrected chi connectivity index (χ3v) is 3.21. The Bertz CT molecular complexity index is 857. The molecule has 0 atom stereocenters. The average molecular weight is 291 g/mol. The zero-order valence-electron chi connectivity index (χ0n) is 11.9. The van der Waals surface area contributed by atoms with Gasteiger partial charge in [-0.15, -0.1) is 0 Å². The first-order valence-electron chi connectivity index (χ1n) is 6.77. The number of anilines is 1. The first-order chi connectivity index (χ1) is 10.7. The number of carbonyl (C=O) groups excluding carboxylic acids is 2. The predicted molar refractivity (Wildman–Crippen MR) is 84.7 cm³/mol. The quantitative estimate of drug-likeness (QED) is 0.753. The summed E-state index contributed by atoms with van der Waals surface area (Å²) in [5.41, 5.74) is 2.57. The van der Waals surface area contributed by atoms with Gasteiger partial charge in [-0.1, -0.05) is 18.2 Å². The van der Waals surface area contributed by atoms with E-state index < -0.39 is 0 Å². The Labute approximate surface area is 127 Å². The number of para-hydroxylation sites is 1. The van der Waals surface area contributed by atoms with E-state index in [2.05, 4.69) is 15.3 Å². The molecule has 1 heterocycles. The monoisotopic (exact) mass is 291 g/mol. The fourth-order valence-corrected chi connectivity index (χ4v) is 2.23. The van der Waals surface area contributed by atoms with Crippen LogP contribution in [0.25, 0.3) is 22.3 Å². The Kier molecular flexibility index (Phi) is 3.62. The molecule has 1 aromatic heterocycles. The summed E-state index contributed by atoms with van der Waals surface area (Å²) in [6.07, 6.45) is 0.735. The van der Waals surface area contributed by atoms with Crippen molar-refractivity contribution < 1.29 is 9.59 Å². The molecule has 2 aromatic carbocycles. The summed E-state index contributed by atoms with van der Waals surface area (Å²) in [6.45, 7) is 1.46. The van der Waals surface area contributed by atoms with E-state index in [1.165, 1.54) is 6.92 Å². The van der Waals surface area contributed by atoms with Gasteiger partial charge in [-0.25, -0.2) is 9.97 Å². The van der Waals surface area contributed by atoms with Crippen LogP contribution in [-0.2, 0) is 4.79 Å². The summed E-state index contributed by atoms with van der Waals surface area (Å²) in [7, 11) is 0. The number of rotatable bonds is 3. The van der Waals surface area contributed by atoms with Crippen molar-refractivity contribution >= 4 is 28.8 Å². The molecule has 5 nitrogen and oxygen atoms in total. The molecule has 0 saturated heterocycles. The summed E-state index contributed by atoms with van der Waals surface area (Å²) in [6, 6.07) is 14.6. The van der Waals surface area contributed by atoms with Gasteiger partial charge >= 0.3 is 0 Å². The second-order valence-corrected chi connectivity index (χ2v) is 4.83. The maximum absolute atomic E-state index is 11.2. The summed E-state index contributed by atoms with van der Waals surface area (Å²) >= 11 is 0. The van der Waals surface area contributed by atoms with Crippen molar-refractivity contribution in [3.05, 3.63) is 54.2 Å². The van der Waals surface area contributed by atoms with E-state index in [4.69, 9.17) is 0 Å². The zero-order valence-corrected chi connectivity index (χ0v) is 11.9. The molecule has 3 rings (SSSR count). The van der Waals surface area contributed by atoms with Gasteiger partial charge in [0.15, 0.2) is 12.1 Å². The van der Waals surface area contributed by atoms with Crippen LogP contribution < -0.4 is 5.32 Å². The van der Waals surface area contributed by atoms with Gasteiger partial charge in [0.2, 0.25) is 5.91 Å². The third kappa shape index (κ3) is 2.69. The maximum atomic E-state index is 11.2. The van der Waals surface area contributed by atoms with Gasteiger partial charge in [-0.05, 0) is 30.3 Å². The lowest BCUT2D eigenvalue weighted by Crippen LogP contribution is -2.05. The second-order valence-electron chi connectivity index (χ2n) is 4.83. The van der Waals surface area contributed by atoms with E-state index in [9.17, 15) is 9.59 Å². The van der Waals surface area contributed by atoms with Crippen molar-refractivity contribution in [2.75, 3.05) is 5.32 Å². The van der Waals surface area contributed by atoms with Gasteiger partial charge in [-0.3, -0.25) is 9.59 Å². The standard InChI is InChI=1S/C17H13N3O2/c1-11(22)18-13-8-6-12(7-9-13)17-19-15-5-3-2-4-14(15)16(10-21)20-17/h2-10H,1H3,(H,18,22). The summed E-state index contributed by atoms with van der Waals surface area (Å²) in [5.74, 6) is 0.355. The Morgan fingerprint density at radius 1 is 1.05 bits per heavy atom. The lowest BCUT2D eigenvalue weighted by Gasteiger charge is -2.06. The van der Waals surface area contributed by atoms with Crippen LogP contribution in [0.5, 0.6) is 0 Å². The summed E-state index contributed by atoms with van der Waals surface area (Å²) < 4.78 is 0. The number of aldehydes is 1. The Morgan fingerprint density at radius 2 is 1.77 bits per heavy atom. The highest BCUT2D eigenvalue weighted by molar-refractivity contribution is 5.95. The van der Waals surface area contributed by atoms with Crippen LogP contribution in [0.2, 0.25) is 0 Å². The topological polar surface area (TPSA) is 72.0 Å². The minimum absolute atomic E-state index is 0.127. The molecule has 0 aliphatic carbocycles. The van der Waals surface area contributed by atoms with E-state index in [-0.39, 0.29) is 5.91 Å². The Morgan fingerprint density at radius 3 is 2.45 bits per heavy atom. The van der Waals surface area contributed by atoms with Crippen LogP contribution in [0.3, 0.4) is 0 Å². The van der Waals surface area contributed by atoms with E-state index in [1.54, 1.807) is 12.1 Å². The van der Waals surface area contributed by atoms with Crippen LogP contribution in [0.1, 0.15) is 17.4 Å². The van der Waals surface area contributed by atoms with E-state index in [1.807, 2.05) is 36.4 Å². The number of hydrogen-bond donors (Lipinski definition) is 1. The summed E-state index contributed by atoms with van der Waals surface area (Å²) in [4.78, 5) is 31.1. The van der Waals surface area contributed by atoms with Gasteiger partial charge in [0.25, 0.3) is 0 Å². The highest BCUT2D eigenvalue weighted by Crippen LogP contribution is 2.22. The van der Waals surface area contributed by atoms with Gasteiger partial charge in [0.1, 0.15) is 5.69 Å². The van der Waals surface area contributed by atoms with E-state index in [0.717, 1.165) is 22.8 Å². The molecule has 22 heavy (non-hydrogen) atoms. The van der Waals surface area contributed by atoms with Crippen LogP contribution in [-0.4, -0.2) is 22.2 Å². The highest BCUT2D eigenvalue weighted by Gasteiger charge is 2.08. The Balaban J connectivity index is 2.06. The Hall–Kier alpha value is -3.08. The van der Waals surface area contributed by atoms with Crippen LogP contribution in [0.4, 0.5) is 5.69 Å². The SMILES string of the molecule is CC(=O)Nc1ccc(-c2nc(C=O)c3ccccc3n2)cc1. The molecule has 0 fully saturated rings. The van der Waals surface area contributed by atoms with Crippen molar-refractivity contribution in [3.63, 3.8) is 0 Å². The number of amides is 1. The smallest absolute Gasteiger partial charge is 0.221 e. The largest absolute Gasteiger partial charge is 0.326 e. The molecule has 0 aliphatic heterocycles. The molecular formula is C17H13N3O2. The molecule has 0 saturated carbocycles. The molecule has 0 spiro atoms. The average Bonchev–Trinajstić information content (AvgIpc) is 2.54. The van der Waals surface area contributed by atoms with Crippen molar-refractivity contribution in [1.29, 1.82) is 0 Å². The van der Waals surface area contributed by atoms with Gasteiger partial charge < -0.3 is 5.32 Å². The number of benzene rings is 2. The van der Waals surface area contributed by atoms with Gasteiger partial charge in [0, 0.05) is 23.6 Å². The second kappa shape index (κ2) is 5.73. The summed E-state index contributed by atoms with van der Waals surface area (Å²) in [5, 5.41) is 3.43. The van der Waals surface area contributed by atoms with Crippen molar-refractivity contribution in [3.8, 4) is 11.4 Å². The van der Waals surface area contributed by atoms with Crippen molar-refractivity contribution in [1.82, 2.24) is 9.97 Å². The third-order valence-electron chi connectivity index (χ3n) is 3.21. The molecule has 108 valence electrons. The minimum Gasteiger partial charge on any atom is -0.326 e. The molecule has 5 heteroatoms. The number of hydrogen-bond acceptors (Lipinski definition) is 4. The van der Waals surface area contributed by atoms with Crippen molar-refractivity contribution in [2.24, 2.45) is 0 Å². The predicted octanol–water partition coefficient (Wildman–Crippen LogP) is 3.07. The molecular weight excluding hydrogens is 278 g/mol. The maximum Gasteiger partial charge on any atom is 0.221 e.